The van der Waals surface area contributed by atoms with E-state index in [1.54, 1.807) is 16.7 Å². The minimum atomic E-state index is -0.400. The Labute approximate surface area is 144 Å². The first-order chi connectivity index (χ1) is 11.5. The third-order valence-corrected chi connectivity index (χ3v) is 4.78. The molecule has 0 unspecified atom stereocenters. The van der Waals surface area contributed by atoms with Crippen molar-refractivity contribution in [3.8, 4) is 0 Å². The predicted octanol–water partition coefficient (Wildman–Crippen LogP) is 1.70. The summed E-state index contributed by atoms with van der Waals surface area (Å²) in [6.45, 7) is 5.24. The largest absolute Gasteiger partial charge is 0.393 e. The maximum atomic E-state index is 12.5. The summed E-state index contributed by atoms with van der Waals surface area (Å²) in [7, 11) is 0. The van der Waals surface area contributed by atoms with Crippen LogP contribution in [0.5, 0.6) is 0 Å². The van der Waals surface area contributed by atoms with Crippen LogP contribution in [0.3, 0.4) is 0 Å². The Kier molecular flexibility index (Phi) is 6.79. The van der Waals surface area contributed by atoms with Crippen LogP contribution in [0.25, 0.3) is 0 Å². The molecule has 2 amide bonds. The van der Waals surface area contributed by atoms with Crippen molar-refractivity contribution in [3.63, 3.8) is 0 Å². The van der Waals surface area contributed by atoms with Gasteiger partial charge in [0.1, 0.15) is 0 Å². The predicted molar refractivity (Wildman–Crippen MR) is 93.4 cm³/mol. The normalized spacial score (nSPS) is 19.0. The number of aliphatic hydroxyl groups is 1. The van der Waals surface area contributed by atoms with Gasteiger partial charge in [0.2, 0.25) is 11.8 Å². The molecule has 0 aliphatic carbocycles. The number of benzene rings is 1. The molecule has 1 saturated heterocycles. The number of hydrogen-bond donors (Lipinski definition) is 1. The molecule has 1 N–H and O–H groups in total. The first-order valence-electron chi connectivity index (χ1n) is 8.72. The lowest BCUT2D eigenvalue weighted by molar-refractivity contribution is -0.141. The Bertz CT molecular complexity index is 545. The maximum Gasteiger partial charge on any atom is 0.242 e. The van der Waals surface area contributed by atoms with Gasteiger partial charge in [-0.05, 0) is 31.7 Å². The number of amides is 2. The van der Waals surface area contributed by atoms with Crippen LogP contribution in [-0.4, -0.2) is 59.0 Å². The van der Waals surface area contributed by atoms with E-state index in [1.165, 1.54) is 6.92 Å². The first kappa shape index (κ1) is 18.5. The summed E-state index contributed by atoms with van der Waals surface area (Å²) >= 11 is 0. The Balaban J connectivity index is 1.89. The molecular weight excluding hydrogens is 304 g/mol. The summed E-state index contributed by atoms with van der Waals surface area (Å²) in [4.78, 5) is 27.8. The van der Waals surface area contributed by atoms with Crippen LogP contribution < -0.4 is 0 Å². The van der Waals surface area contributed by atoms with E-state index in [9.17, 15) is 14.7 Å². The van der Waals surface area contributed by atoms with Gasteiger partial charge in [-0.15, -0.1) is 0 Å². The van der Waals surface area contributed by atoms with Crippen LogP contribution in [0.1, 0.15) is 32.3 Å². The van der Waals surface area contributed by atoms with Crippen LogP contribution >= 0.6 is 0 Å². The highest BCUT2D eigenvalue weighted by Crippen LogP contribution is 2.20. The van der Waals surface area contributed by atoms with Crippen molar-refractivity contribution in [2.75, 3.05) is 26.2 Å². The van der Waals surface area contributed by atoms with Gasteiger partial charge in [0.05, 0.1) is 12.6 Å². The average molecular weight is 332 g/mol. The molecule has 1 aromatic rings. The fraction of sp³-hybridized carbons (Fsp3) is 0.579. The Morgan fingerprint density at radius 2 is 2.04 bits per heavy atom. The zero-order chi connectivity index (χ0) is 17.5. The second kappa shape index (κ2) is 8.83. The molecule has 0 radical (unpaired) electrons. The van der Waals surface area contributed by atoms with Crippen LogP contribution in [0.4, 0.5) is 0 Å². The summed E-state index contributed by atoms with van der Waals surface area (Å²) < 4.78 is 0. The number of piperidine rings is 1. The molecule has 2 atom stereocenters. The molecule has 5 nitrogen and oxygen atoms in total. The van der Waals surface area contributed by atoms with Gasteiger partial charge < -0.3 is 14.9 Å². The maximum absolute atomic E-state index is 12.5. The molecule has 1 fully saturated rings. The third-order valence-electron chi connectivity index (χ3n) is 4.78. The molecule has 1 heterocycles. The van der Waals surface area contributed by atoms with Gasteiger partial charge in [0.15, 0.2) is 0 Å². The molecule has 0 bridgehead atoms. The minimum absolute atomic E-state index is 0.0244. The van der Waals surface area contributed by atoms with Crippen molar-refractivity contribution in [2.24, 2.45) is 5.92 Å². The van der Waals surface area contributed by atoms with E-state index < -0.39 is 6.10 Å². The van der Waals surface area contributed by atoms with Gasteiger partial charge in [0.25, 0.3) is 0 Å². The highest BCUT2D eigenvalue weighted by Gasteiger charge is 2.27. The summed E-state index contributed by atoms with van der Waals surface area (Å²) in [5.41, 5.74) is 1.16. The zero-order valence-electron chi connectivity index (χ0n) is 14.6. The fourth-order valence-corrected chi connectivity index (χ4v) is 3.15. The average Bonchev–Trinajstić information content (AvgIpc) is 2.59. The number of rotatable bonds is 6. The van der Waals surface area contributed by atoms with E-state index in [0.29, 0.717) is 19.6 Å². The fourth-order valence-electron chi connectivity index (χ4n) is 3.15. The standard InChI is InChI=1S/C19H28N2O3/c1-15(22)18-9-6-11-21(13-18)19(24)14-20(16(2)23)12-10-17-7-4-3-5-8-17/h3-5,7-8,15,18,22H,6,9-14H2,1-2H3/t15-,18+/m0/s1. The number of nitrogens with zero attached hydrogens (tertiary/aromatic N) is 2. The molecule has 2 rings (SSSR count). The molecule has 24 heavy (non-hydrogen) atoms. The van der Waals surface area contributed by atoms with E-state index in [4.69, 9.17) is 0 Å². The zero-order valence-corrected chi connectivity index (χ0v) is 14.6. The quantitative estimate of drug-likeness (QED) is 0.862. The topological polar surface area (TPSA) is 60.9 Å². The van der Waals surface area contributed by atoms with Gasteiger partial charge in [-0.3, -0.25) is 9.59 Å². The van der Waals surface area contributed by atoms with Crippen molar-refractivity contribution in [1.29, 1.82) is 0 Å². The van der Waals surface area contributed by atoms with E-state index in [-0.39, 0.29) is 24.3 Å². The van der Waals surface area contributed by atoms with Gasteiger partial charge in [-0.2, -0.15) is 0 Å². The van der Waals surface area contributed by atoms with Crippen molar-refractivity contribution in [1.82, 2.24) is 9.80 Å². The minimum Gasteiger partial charge on any atom is -0.393 e. The highest BCUT2D eigenvalue weighted by atomic mass is 16.3. The SMILES string of the molecule is CC(=O)N(CCc1ccccc1)CC(=O)N1CCC[C@@H]([C@H](C)O)C1. The molecular formula is C19H28N2O3. The first-order valence-corrected chi connectivity index (χ1v) is 8.72. The molecule has 1 aliphatic heterocycles. The second-order valence-corrected chi connectivity index (χ2v) is 6.66. The second-order valence-electron chi connectivity index (χ2n) is 6.66. The van der Waals surface area contributed by atoms with Crippen LogP contribution in [0.15, 0.2) is 30.3 Å². The van der Waals surface area contributed by atoms with Crippen molar-refractivity contribution in [2.45, 2.75) is 39.2 Å². The molecule has 5 heteroatoms. The molecule has 0 spiro atoms. The Morgan fingerprint density at radius 3 is 2.67 bits per heavy atom. The van der Waals surface area contributed by atoms with E-state index >= 15 is 0 Å². The van der Waals surface area contributed by atoms with Gasteiger partial charge >= 0.3 is 0 Å². The monoisotopic (exact) mass is 332 g/mol. The third kappa shape index (κ3) is 5.34. The molecule has 0 saturated carbocycles. The van der Waals surface area contributed by atoms with Crippen LogP contribution in [-0.2, 0) is 16.0 Å². The number of carbonyl (C=O) groups excluding carboxylic acids is 2. The van der Waals surface area contributed by atoms with Gasteiger partial charge in [-0.1, -0.05) is 30.3 Å². The summed E-state index contributed by atoms with van der Waals surface area (Å²) in [5, 5.41) is 9.75. The summed E-state index contributed by atoms with van der Waals surface area (Å²) in [6, 6.07) is 9.96. The Hall–Kier alpha value is -1.88. The van der Waals surface area contributed by atoms with E-state index in [1.807, 2.05) is 30.3 Å². The van der Waals surface area contributed by atoms with Crippen molar-refractivity contribution < 1.29 is 14.7 Å². The summed E-state index contributed by atoms with van der Waals surface area (Å²) in [6.07, 6.45) is 2.20. The number of carbonyl (C=O) groups is 2. The van der Waals surface area contributed by atoms with Crippen LogP contribution in [0.2, 0.25) is 0 Å². The lowest BCUT2D eigenvalue weighted by Crippen LogP contribution is -2.48. The molecule has 0 aromatic heterocycles. The molecule has 132 valence electrons. The van der Waals surface area contributed by atoms with Crippen molar-refractivity contribution >= 4 is 11.8 Å². The lowest BCUT2D eigenvalue weighted by Gasteiger charge is -2.35. The Morgan fingerprint density at radius 1 is 1.33 bits per heavy atom. The van der Waals surface area contributed by atoms with E-state index in [0.717, 1.165) is 24.8 Å². The smallest absolute Gasteiger partial charge is 0.242 e. The number of hydrogen-bond acceptors (Lipinski definition) is 3. The van der Waals surface area contributed by atoms with Crippen LogP contribution in [0, 0.1) is 5.92 Å². The van der Waals surface area contributed by atoms with Crippen molar-refractivity contribution in [3.05, 3.63) is 35.9 Å². The molecule has 1 aliphatic rings. The summed E-state index contributed by atoms with van der Waals surface area (Å²) in [5.74, 6) is 0.0322. The highest BCUT2D eigenvalue weighted by molar-refractivity contribution is 5.83. The van der Waals surface area contributed by atoms with Gasteiger partial charge in [-0.25, -0.2) is 0 Å². The number of likely N-dealkylation sites (tertiary alicyclic amines) is 1. The molecule has 1 aromatic carbocycles. The van der Waals surface area contributed by atoms with E-state index in [2.05, 4.69) is 0 Å². The number of aliphatic hydroxyl groups excluding tert-OH is 1. The lowest BCUT2D eigenvalue weighted by atomic mass is 9.93. The van der Waals surface area contributed by atoms with Gasteiger partial charge in [0, 0.05) is 32.5 Å².